The number of rotatable bonds is 7. The normalized spacial score (nSPS) is 23.5. The Bertz CT molecular complexity index is 1030. The molecule has 2 aromatic rings. The van der Waals surface area contributed by atoms with Crippen molar-refractivity contribution in [2.24, 2.45) is 5.11 Å². The van der Waals surface area contributed by atoms with Crippen molar-refractivity contribution in [1.82, 2.24) is 14.5 Å². The average Bonchev–Trinajstić information content (AvgIpc) is 3.03. The molecule has 0 aromatic carbocycles. The first-order valence-corrected chi connectivity index (χ1v) is 9.63. The summed E-state index contributed by atoms with van der Waals surface area (Å²) in [7, 11) is -4.26. The first-order chi connectivity index (χ1) is 13.4. The van der Waals surface area contributed by atoms with Gasteiger partial charge in [0.2, 0.25) is 0 Å². The molecular formula is C14H16N7O6P. The van der Waals surface area contributed by atoms with Gasteiger partial charge in [-0.3, -0.25) is 24.0 Å². The zero-order valence-electron chi connectivity index (χ0n) is 14.3. The molecule has 28 heavy (non-hydrogen) atoms. The summed E-state index contributed by atoms with van der Waals surface area (Å²) in [6.07, 6.45) is 1.09. The Hall–Kier alpha value is -2.95. The molecule has 1 aliphatic rings. The molecule has 3 heterocycles. The average molecular weight is 409 g/mol. The van der Waals surface area contributed by atoms with Gasteiger partial charge < -0.3 is 9.63 Å². The number of pyridine rings is 1. The molecule has 1 saturated heterocycles. The summed E-state index contributed by atoms with van der Waals surface area (Å²) in [6.45, 7) is -0.383. The molecule has 3 rings (SSSR count). The lowest BCUT2D eigenvalue weighted by molar-refractivity contribution is -0.0236. The van der Waals surface area contributed by atoms with Gasteiger partial charge in [-0.05, 0) is 17.7 Å². The third kappa shape index (κ3) is 4.85. The maximum Gasteiger partial charge on any atom is 0.431 e. The molecule has 0 radical (unpaired) electrons. The van der Waals surface area contributed by atoms with E-state index in [-0.39, 0.29) is 18.8 Å². The van der Waals surface area contributed by atoms with Gasteiger partial charge >= 0.3 is 13.4 Å². The van der Waals surface area contributed by atoms with Gasteiger partial charge in [0.1, 0.15) is 12.0 Å². The summed E-state index contributed by atoms with van der Waals surface area (Å²) < 4.78 is 24.0. The number of ether oxygens (including phenoxy) is 1. The fourth-order valence-corrected chi connectivity index (χ4v) is 3.49. The van der Waals surface area contributed by atoms with E-state index in [2.05, 4.69) is 25.1 Å². The van der Waals surface area contributed by atoms with Crippen molar-refractivity contribution in [3.8, 4) is 0 Å². The molecule has 2 aromatic heterocycles. The highest BCUT2D eigenvalue weighted by Gasteiger charge is 2.38. The van der Waals surface area contributed by atoms with Gasteiger partial charge in [0.15, 0.2) is 0 Å². The second-order valence-electron chi connectivity index (χ2n) is 5.80. The van der Waals surface area contributed by atoms with Crippen molar-refractivity contribution in [1.29, 1.82) is 0 Å². The molecule has 148 valence electrons. The molecule has 3 N–H and O–H groups in total. The minimum atomic E-state index is -4.26. The number of azide groups is 1. The van der Waals surface area contributed by atoms with Gasteiger partial charge in [0.05, 0.1) is 18.8 Å². The summed E-state index contributed by atoms with van der Waals surface area (Å²) in [5, 5.41) is 5.87. The number of anilines is 1. The van der Waals surface area contributed by atoms with Crippen LogP contribution in [0.1, 0.15) is 12.6 Å². The molecule has 0 amide bonds. The van der Waals surface area contributed by atoms with E-state index >= 15 is 0 Å². The second kappa shape index (κ2) is 8.38. The van der Waals surface area contributed by atoms with E-state index in [1.807, 2.05) is 0 Å². The molecular weight excluding hydrogens is 393 g/mol. The molecule has 1 fully saturated rings. The molecule has 14 heteroatoms. The number of hydrogen-bond donors (Lipinski definition) is 3. The van der Waals surface area contributed by atoms with Crippen LogP contribution in [-0.2, 0) is 13.8 Å². The first kappa shape index (κ1) is 19.8. The van der Waals surface area contributed by atoms with E-state index in [0.717, 1.165) is 10.6 Å². The van der Waals surface area contributed by atoms with Gasteiger partial charge in [-0.2, -0.15) is 0 Å². The van der Waals surface area contributed by atoms with Crippen molar-refractivity contribution >= 4 is 13.6 Å². The Balaban J connectivity index is 1.69. The minimum absolute atomic E-state index is 0.118. The highest BCUT2D eigenvalue weighted by atomic mass is 31.2. The lowest BCUT2D eigenvalue weighted by Gasteiger charge is -2.19. The van der Waals surface area contributed by atoms with Crippen LogP contribution in [0, 0.1) is 0 Å². The monoisotopic (exact) mass is 409 g/mol. The zero-order chi connectivity index (χ0) is 20.1. The summed E-state index contributed by atoms with van der Waals surface area (Å²) >= 11 is 0. The largest absolute Gasteiger partial charge is 0.431 e. The number of hydrogen-bond acceptors (Lipinski definition) is 7. The van der Waals surface area contributed by atoms with Crippen molar-refractivity contribution in [2.45, 2.75) is 24.8 Å². The van der Waals surface area contributed by atoms with Crippen LogP contribution in [0.15, 0.2) is 51.4 Å². The van der Waals surface area contributed by atoms with Crippen LogP contribution in [0.2, 0.25) is 0 Å². The van der Waals surface area contributed by atoms with E-state index in [0.29, 0.717) is 0 Å². The van der Waals surface area contributed by atoms with Gasteiger partial charge in [-0.1, -0.05) is 11.2 Å². The topological polar surface area (TPSA) is 184 Å². The van der Waals surface area contributed by atoms with Crippen molar-refractivity contribution in [3.63, 3.8) is 0 Å². The number of nitrogens with one attached hydrogen (secondary N) is 2. The van der Waals surface area contributed by atoms with Crippen LogP contribution < -0.4 is 16.3 Å². The molecule has 0 spiro atoms. The van der Waals surface area contributed by atoms with Gasteiger partial charge in [0.25, 0.3) is 5.56 Å². The van der Waals surface area contributed by atoms with Crippen molar-refractivity contribution in [2.75, 3.05) is 11.7 Å². The van der Waals surface area contributed by atoms with E-state index in [9.17, 15) is 19.0 Å². The van der Waals surface area contributed by atoms with Crippen LogP contribution in [0.4, 0.5) is 5.82 Å². The maximum atomic E-state index is 12.2. The second-order valence-corrected chi connectivity index (χ2v) is 7.32. The third-order valence-corrected chi connectivity index (χ3v) is 4.91. The summed E-state index contributed by atoms with van der Waals surface area (Å²) in [5.41, 5.74) is 7.48. The zero-order valence-corrected chi connectivity index (χ0v) is 15.2. The van der Waals surface area contributed by atoms with Crippen LogP contribution in [-0.4, -0.2) is 38.2 Å². The Morgan fingerprint density at radius 3 is 3.00 bits per heavy atom. The number of aromatic amines is 1. The summed E-state index contributed by atoms with van der Waals surface area (Å²) in [5.74, 6) is 0.143. The summed E-state index contributed by atoms with van der Waals surface area (Å²) in [6, 6.07) is 5.16. The standard InChI is InChI=1S/C14H16N7O6P/c15-20-18-9-7-13(21-6-4-12(22)17-14(21)23)27-10(9)8-26-28(24,25)19-11-3-1-2-5-16-11/h1-6,9-10,13H,7-8H2,(H,17,22,23)(H2,16,19,24,25)/t9-,10+,13+/m0/s1. The summed E-state index contributed by atoms with van der Waals surface area (Å²) in [4.78, 5) is 41.7. The number of aromatic nitrogens is 3. The van der Waals surface area contributed by atoms with Gasteiger partial charge in [0, 0.05) is 29.8 Å². The van der Waals surface area contributed by atoms with E-state index in [1.54, 1.807) is 12.1 Å². The van der Waals surface area contributed by atoms with Gasteiger partial charge in [-0.25, -0.2) is 14.3 Å². The molecule has 0 bridgehead atoms. The Labute approximate surface area is 157 Å². The fraction of sp³-hybridized carbons (Fsp3) is 0.357. The van der Waals surface area contributed by atoms with Gasteiger partial charge in [-0.15, -0.1) is 0 Å². The quantitative estimate of drug-likeness (QED) is 0.263. The lowest BCUT2D eigenvalue weighted by atomic mass is 10.1. The Kier molecular flexibility index (Phi) is 5.93. The smallest absolute Gasteiger partial charge is 0.352 e. The maximum absolute atomic E-state index is 12.2. The minimum Gasteiger partial charge on any atom is -0.352 e. The highest BCUT2D eigenvalue weighted by molar-refractivity contribution is 7.54. The van der Waals surface area contributed by atoms with E-state index in [4.69, 9.17) is 14.8 Å². The SMILES string of the molecule is [N-]=[N+]=N[C@H]1C[C@H](n2ccc(=O)[nH]c2=O)O[C@@H]1COP(=O)(O)Nc1ccccn1. The first-order valence-electron chi connectivity index (χ1n) is 8.06. The van der Waals surface area contributed by atoms with Crippen LogP contribution in [0.3, 0.4) is 0 Å². The fourth-order valence-electron chi connectivity index (χ4n) is 2.66. The van der Waals surface area contributed by atoms with Crippen molar-refractivity contribution in [3.05, 3.63) is 67.9 Å². The van der Waals surface area contributed by atoms with E-state index in [1.165, 1.54) is 18.5 Å². The Morgan fingerprint density at radius 1 is 1.50 bits per heavy atom. The molecule has 0 saturated carbocycles. The Morgan fingerprint density at radius 2 is 2.32 bits per heavy atom. The molecule has 1 unspecified atom stereocenters. The van der Waals surface area contributed by atoms with Crippen LogP contribution in [0.25, 0.3) is 10.4 Å². The molecule has 13 nitrogen and oxygen atoms in total. The highest BCUT2D eigenvalue weighted by Crippen LogP contribution is 2.42. The van der Waals surface area contributed by atoms with E-state index < -0.39 is 37.4 Å². The number of H-pyrrole nitrogens is 1. The third-order valence-electron chi connectivity index (χ3n) is 3.90. The van der Waals surface area contributed by atoms with Crippen LogP contribution >= 0.6 is 7.75 Å². The molecule has 1 aliphatic heterocycles. The predicted octanol–water partition coefficient (Wildman–Crippen LogP) is 1.13. The van der Waals surface area contributed by atoms with Crippen LogP contribution in [0.5, 0.6) is 0 Å². The molecule has 0 aliphatic carbocycles. The lowest BCUT2D eigenvalue weighted by Crippen LogP contribution is -2.31. The van der Waals surface area contributed by atoms with Crippen molar-refractivity contribution < 1.29 is 18.7 Å². The number of nitrogens with zero attached hydrogens (tertiary/aromatic N) is 5. The predicted molar refractivity (Wildman–Crippen MR) is 96.4 cm³/mol. The molecule has 4 atom stereocenters.